The second kappa shape index (κ2) is 10.2. The average Bonchev–Trinajstić information content (AvgIpc) is 2.86. The van der Waals surface area contributed by atoms with Crippen LogP contribution in [0.3, 0.4) is 0 Å². The standard InChI is InChI=1S/C27H28N2O4/c1-32-22-15-19(16-23(18-22)33-2)17-25(30)28-26(21-10-4-3-5-11-21)27(31)29-14-8-12-20-9-6-7-13-24(20)29/h3-7,9-11,13,15-16,18,26H,8,12,14,17H2,1-2H3,(H,28,30)/t26-/m1/s1. The molecule has 0 saturated carbocycles. The second-order valence-corrected chi connectivity index (χ2v) is 8.03. The van der Waals surface area contributed by atoms with Crippen LogP contribution in [0.2, 0.25) is 0 Å². The van der Waals surface area contributed by atoms with Crippen LogP contribution in [0, 0.1) is 0 Å². The van der Waals surface area contributed by atoms with Crippen LogP contribution in [-0.2, 0) is 22.4 Å². The predicted molar refractivity (Wildman–Crippen MR) is 128 cm³/mol. The Bertz CT molecular complexity index is 1110. The third-order valence-corrected chi connectivity index (χ3v) is 5.84. The van der Waals surface area contributed by atoms with E-state index >= 15 is 0 Å². The number of amides is 2. The first-order valence-corrected chi connectivity index (χ1v) is 11.0. The maximum atomic E-state index is 13.7. The number of ether oxygens (including phenoxy) is 2. The van der Waals surface area contributed by atoms with E-state index in [1.165, 1.54) is 0 Å². The zero-order chi connectivity index (χ0) is 23.2. The SMILES string of the molecule is COc1cc(CC(=O)N[C@@H](C(=O)N2CCCc3ccccc32)c2ccccc2)cc(OC)c1. The summed E-state index contributed by atoms with van der Waals surface area (Å²) in [6, 6.07) is 21.9. The molecule has 6 nitrogen and oxygen atoms in total. The van der Waals surface area contributed by atoms with E-state index in [1.54, 1.807) is 37.3 Å². The van der Waals surface area contributed by atoms with Gasteiger partial charge in [-0.25, -0.2) is 0 Å². The Balaban J connectivity index is 1.59. The summed E-state index contributed by atoms with van der Waals surface area (Å²) in [5, 5.41) is 2.97. The molecule has 4 rings (SSSR count). The van der Waals surface area contributed by atoms with Crippen molar-refractivity contribution in [3.63, 3.8) is 0 Å². The molecule has 0 saturated heterocycles. The first-order valence-electron chi connectivity index (χ1n) is 11.0. The molecule has 1 aliphatic heterocycles. The summed E-state index contributed by atoms with van der Waals surface area (Å²) in [7, 11) is 3.14. The maximum Gasteiger partial charge on any atom is 0.254 e. The molecule has 3 aromatic carbocycles. The van der Waals surface area contributed by atoms with Crippen molar-refractivity contribution in [2.45, 2.75) is 25.3 Å². The number of nitrogens with zero attached hydrogens (tertiary/aromatic N) is 1. The molecule has 170 valence electrons. The molecule has 6 heteroatoms. The van der Waals surface area contributed by atoms with Crippen molar-refractivity contribution < 1.29 is 19.1 Å². The molecule has 0 unspecified atom stereocenters. The fourth-order valence-electron chi connectivity index (χ4n) is 4.22. The summed E-state index contributed by atoms with van der Waals surface area (Å²) in [6.45, 7) is 0.627. The molecule has 2 amide bonds. The predicted octanol–water partition coefficient (Wildman–Crippen LogP) is 4.08. The van der Waals surface area contributed by atoms with Crippen molar-refractivity contribution >= 4 is 17.5 Å². The molecule has 0 fully saturated rings. The first-order chi connectivity index (χ1) is 16.1. The van der Waals surface area contributed by atoms with Gasteiger partial charge in [0, 0.05) is 18.3 Å². The Morgan fingerprint density at radius 2 is 1.61 bits per heavy atom. The smallest absolute Gasteiger partial charge is 0.254 e. The van der Waals surface area contributed by atoms with Crippen LogP contribution in [0.5, 0.6) is 11.5 Å². The van der Waals surface area contributed by atoms with Crippen LogP contribution in [-0.4, -0.2) is 32.6 Å². The van der Waals surface area contributed by atoms with Crippen molar-refractivity contribution in [3.8, 4) is 11.5 Å². The Morgan fingerprint density at radius 3 is 2.30 bits per heavy atom. The van der Waals surface area contributed by atoms with Crippen molar-refractivity contribution in [3.05, 3.63) is 89.5 Å². The van der Waals surface area contributed by atoms with E-state index in [0.717, 1.165) is 35.2 Å². The minimum absolute atomic E-state index is 0.0980. The number of fused-ring (bicyclic) bond motifs is 1. The van der Waals surface area contributed by atoms with Gasteiger partial charge in [-0.1, -0.05) is 48.5 Å². The van der Waals surface area contributed by atoms with Gasteiger partial charge in [-0.05, 0) is 47.7 Å². The fourth-order valence-corrected chi connectivity index (χ4v) is 4.22. The van der Waals surface area contributed by atoms with Gasteiger partial charge in [0.1, 0.15) is 17.5 Å². The van der Waals surface area contributed by atoms with Crippen LogP contribution in [0.15, 0.2) is 72.8 Å². The molecule has 1 N–H and O–H groups in total. The van der Waals surface area contributed by atoms with Crippen LogP contribution in [0.25, 0.3) is 0 Å². The second-order valence-electron chi connectivity index (χ2n) is 8.03. The lowest BCUT2D eigenvalue weighted by molar-refractivity contribution is -0.127. The summed E-state index contributed by atoms with van der Waals surface area (Å²) in [6.07, 6.45) is 1.93. The van der Waals surface area contributed by atoms with Crippen LogP contribution in [0.1, 0.15) is 29.2 Å². The normalized spacial score (nSPS) is 13.6. The van der Waals surface area contributed by atoms with E-state index in [1.807, 2.05) is 48.5 Å². The monoisotopic (exact) mass is 444 g/mol. The number of methoxy groups -OCH3 is 2. The van der Waals surface area contributed by atoms with Gasteiger partial charge >= 0.3 is 0 Å². The van der Waals surface area contributed by atoms with Gasteiger partial charge in [0.25, 0.3) is 5.91 Å². The van der Waals surface area contributed by atoms with E-state index in [4.69, 9.17) is 9.47 Å². The first kappa shape index (κ1) is 22.4. The third kappa shape index (κ3) is 5.17. The van der Waals surface area contributed by atoms with Gasteiger partial charge in [-0.3, -0.25) is 9.59 Å². The van der Waals surface area contributed by atoms with E-state index in [0.29, 0.717) is 18.0 Å². The maximum absolute atomic E-state index is 13.7. The molecule has 1 heterocycles. The van der Waals surface area contributed by atoms with Crippen LogP contribution >= 0.6 is 0 Å². The summed E-state index contributed by atoms with van der Waals surface area (Å²) in [5.74, 6) is 0.832. The lowest BCUT2D eigenvalue weighted by Gasteiger charge is -2.32. The topological polar surface area (TPSA) is 67.9 Å². The Kier molecular flexibility index (Phi) is 6.93. The molecule has 0 aliphatic carbocycles. The van der Waals surface area contributed by atoms with Crippen molar-refractivity contribution in [2.75, 3.05) is 25.7 Å². The number of hydrogen-bond donors (Lipinski definition) is 1. The highest BCUT2D eigenvalue weighted by molar-refractivity contribution is 6.00. The van der Waals surface area contributed by atoms with Gasteiger partial charge in [0.15, 0.2) is 0 Å². The molecule has 0 spiro atoms. The summed E-state index contributed by atoms with van der Waals surface area (Å²) >= 11 is 0. The zero-order valence-corrected chi connectivity index (χ0v) is 18.9. The van der Waals surface area contributed by atoms with Gasteiger partial charge < -0.3 is 19.7 Å². The number of anilines is 1. The highest BCUT2D eigenvalue weighted by Crippen LogP contribution is 2.30. The fraction of sp³-hybridized carbons (Fsp3) is 0.259. The largest absolute Gasteiger partial charge is 0.497 e. The van der Waals surface area contributed by atoms with Crippen molar-refractivity contribution in [1.29, 1.82) is 0 Å². The summed E-state index contributed by atoms with van der Waals surface area (Å²) in [5.41, 5.74) is 3.56. The quantitative estimate of drug-likeness (QED) is 0.596. The zero-order valence-electron chi connectivity index (χ0n) is 18.9. The molecular weight excluding hydrogens is 416 g/mol. The molecule has 0 aromatic heterocycles. The number of aryl methyl sites for hydroxylation is 1. The Hall–Kier alpha value is -3.80. The number of carbonyl (C=O) groups is 2. The highest BCUT2D eigenvalue weighted by atomic mass is 16.5. The molecule has 0 radical (unpaired) electrons. The molecular formula is C27H28N2O4. The summed E-state index contributed by atoms with van der Waals surface area (Å²) in [4.78, 5) is 28.6. The van der Waals surface area contributed by atoms with Crippen LogP contribution < -0.4 is 19.7 Å². The van der Waals surface area contributed by atoms with E-state index < -0.39 is 6.04 Å². The van der Waals surface area contributed by atoms with Gasteiger partial charge in [-0.15, -0.1) is 0 Å². The third-order valence-electron chi connectivity index (χ3n) is 5.84. The van der Waals surface area contributed by atoms with Crippen molar-refractivity contribution in [2.24, 2.45) is 0 Å². The highest BCUT2D eigenvalue weighted by Gasteiger charge is 2.30. The minimum Gasteiger partial charge on any atom is -0.497 e. The number of para-hydroxylation sites is 1. The number of hydrogen-bond acceptors (Lipinski definition) is 4. The lowest BCUT2D eigenvalue weighted by atomic mass is 9.99. The summed E-state index contributed by atoms with van der Waals surface area (Å²) < 4.78 is 10.6. The van der Waals surface area contributed by atoms with Gasteiger partial charge in [-0.2, -0.15) is 0 Å². The minimum atomic E-state index is -0.780. The Morgan fingerprint density at radius 1 is 0.939 bits per heavy atom. The van der Waals surface area contributed by atoms with E-state index in [9.17, 15) is 9.59 Å². The van der Waals surface area contributed by atoms with Gasteiger partial charge in [0.05, 0.1) is 20.6 Å². The number of rotatable bonds is 7. The number of nitrogens with one attached hydrogen (secondary N) is 1. The number of benzene rings is 3. The molecule has 1 atom stereocenters. The van der Waals surface area contributed by atoms with Crippen LogP contribution in [0.4, 0.5) is 5.69 Å². The van der Waals surface area contributed by atoms with Crippen molar-refractivity contribution in [1.82, 2.24) is 5.32 Å². The lowest BCUT2D eigenvalue weighted by Crippen LogP contribution is -2.45. The van der Waals surface area contributed by atoms with E-state index in [2.05, 4.69) is 11.4 Å². The molecule has 1 aliphatic rings. The average molecular weight is 445 g/mol. The van der Waals surface area contributed by atoms with Gasteiger partial charge in [0.2, 0.25) is 5.91 Å². The van der Waals surface area contributed by atoms with E-state index in [-0.39, 0.29) is 18.2 Å². The number of carbonyl (C=O) groups excluding carboxylic acids is 2. The molecule has 0 bridgehead atoms. The molecule has 33 heavy (non-hydrogen) atoms. The molecule has 3 aromatic rings. The Labute approximate surface area is 194 Å².